The standard InChI is InChI=1S/C21H20N2O3/c1-11-7-16(13(3)24)21-17(8-11)19(25)12(2)20(26-21)14-5-6-18-15(9-14)10-23(4)22-18/h5-10,13,24H,1-4H3/t13-/m1/s1. The van der Waals surface area contributed by atoms with E-state index in [1.807, 2.05) is 50.5 Å². The number of benzene rings is 2. The molecule has 132 valence electrons. The number of aliphatic hydroxyl groups is 1. The molecule has 0 saturated carbocycles. The molecule has 0 bridgehead atoms. The first-order chi connectivity index (χ1) is 12.3. The monoisotopic (exact) mass is 348 g/mol. The van der Waals surface area contributed by atoms with Crippen LogP contribution in [0.3, 0.4) is 0 Å². The van der Waals surface area contributed by atoms with Gasteiger partial charge < -0.3 is 9.52 Å². The van der Waals surface area contributed by atoms with Gasteiger partial charge in [-0.05, 0) is 56.7 Å². The highest BCUT2D eigenvalue weighted by Crippen LogP contribution is 2.31. The predicted molar refractivity (Wildman–Crippen MR) is 102 cm³/mol. The summed E-state index contributed by atoms with van der Waals surface area (Å²) in [5.41, 5.74) is 4.19. The molecule has 1 N–H and O–H groups in total. The van der Waals surface area contributed by atoms with Crippen LogP contribution in [0.1, 0.15) is 29.7 Å². The average molecular weight is 348 g/mol. The van der Waals surface area contributed by atoms with Gasteiger partial charge in [0, 0.05) is 35.3 Å². The fourth-order valence-electron chi connectivity index (χ4n) is 3.44. The molecular formula is C21H20N2O3. The first kappa shape index (κ1) is 16.5. The maximum Gasteiger partial charge on any atom is 0.196 e. The van der Waals surface area contributed by atoms with Crippen LogP contribution < -0.4 is 5.43 Å². The Bertz CT molecular complexity index is 1220. The van der Waals surface area contributed by atoms with Gasteiger partial charge in [0.1, 0.15) is 11.3 Å². The van der Waals surface area contributed by atoms with E-state index in [4.69, 9.17) is 4.42 Å². The van der Waals surface area contributed by atoms with E-state index in [9.17, 15) is 9.90 Å². The topological polar surface area (TPSA) is 68.3 Å². The molecule has 0 radical (unpaired) electrons. The lowest BCUT2D eigenvalue weighted by Crippen LogP contribution is -2.09. The predicted octanol–water partition coefficient (Wildman–Crippen LogP) is 4.02. The third-order valence-corrected chi connectivity index (χ3v) is 4.72. The molecule has 2 aromatic carbocycles. The van der Waals surface area contributed by atoms with E-state index in [-0.39, 0.29) is 5.43 Å². The van der Waals surface area contributed by atoms with E-state index in [0.717, 1.165) is 22.0 Å². The van der Waals surface area contributed by atoms with Gasteiger partial charge in [0.05, 0.1) is 17.0 Å². The van der Waals surface area contributed by atoms with Gasteiger partial charge in [0.15, 0.2) is 5.43 Å². The van der Waals surface area contributed by atoms with Crippen molar-refractivity contribution in [3.8, 4) is 11.3 Å². The van der Waals surface area contributed by atoms with Gasteiger partial charge >= 0.3 is 0 Å². The van der Waals surface area contributed by atoms with Crippen molar-refractivity contribution in [3.05, 3.63) is 63.4 Å². The van der Waals surface area contributed by atoms with Crippen LogP contribution in [0.15, 0.2) is 45.7 Å². The lowest BCUT2D eigenvalue weighted by atomic mass is 10.00. The zero-order valence-electron chi connectivity index (χ0n) is 15.2. The SMILES string of the molecule is Cc1cc([C@@H](C)O)c2oc(-c3ccc4nn(C)cc4c3)c(C)c(=O)c2c1. The first-order valence-electron chi connectivity index (χ1n) is 8.55. The Labute approximate surface area is 150 Å². The number of fused-ring (bicyclic) bond motifs is 2. The van der Waals surface area contributed by atoms with Crippen molar-refractivity contribution in [3.63, 3.8) is 0 Å². The normalized spacial score (nSPS) is 12.8. The summed E-state index contributed by atoms with van der Waals surface area (Å²) in [6, 6.07) is 9.46. The Morgan fingerprint density at radius 2 is 1.96 bits per heavy atom. The van der Waals surface area contributed by atoms with Gasteiger partial charge in [-0.2, -0.15) is 5.10 Å². The number of nitrogens with zero attached hydrogens (tertiary/aromatic N) is 2. The van der Waals surface area contributed by atoms with Crippen LogP contribution in [0, 0.1) is 13.8 Å². The Hall–Kier alpha value is -2.92. The second-order valence-electron chi connectivity index (χ2n) is 6.87. The van der Waals surface area contributed by atoms with Crippen LogP contribution in [0.5, 0.6) is 0 Å². The fourth-order valence-corrected chi connectivity index (χ4v) is 3.44. The second kappa shape index (κ2) is 5.81. The smallest absolute Gasteiger partial charge is 0.196 e. The van der Waals surface area contributed by atoms with Crippen molar-refractivity contribution >= 4 is 21.9 Å². The molecule has 0 amide bonds. The van der Waals surface area contributed by atoms with E-state index in [2.05, 4.69) is 5.10 Å². The molecule has 1 atom stereocenters. The van der Waals surface area contributed by atoms with Crippen molar-refractivity contribution in [1.29, 1.82) is 0 Å². The Morgan fingerprint density at radius 3 is 2.69 bits per heavy atom. The fraction of sp³-hybridized carbons (Fsp3) is 0.238. The van der Waals surface area contributed by atoms with Crippen molar-refractivity contribution in [2.45, 2.75) is 26.9 Å². The summed E-state index contributed by atoms with van der Waals surface area (Å²) in [5, 5.41) is 16.0. The van der Waals surface area contributed by atoms with Gasteiger partial charge in [-0.25, -0.2) is 0 Å². The summed E-state index contributed by atoms with van der Waals surface area (Å²) in [4.78, 5) is 13.0. The number of hydrogen-bond donors (Lipinski definition) is 1. The summed E-state index contributed by atoms with van der Waals surface area (Å²) in [6.07, 6.45) is 1.20. The molecule has 0 spiro atoms. The molecule has 0 unspecified atom stereocenters. The van der Waals surface area contributed by atoms with Crippen molar-refractivity contribution in [1.82, 2.24) is 9.78 Å². The van der Waals surface area contributed by atoms with Gasteiger partial charge in [-0.15, -0.1) is 0 Å². The minimum absolute atomic E-state index is 0.0712. The van der Waals surface area contributed by atoms with Crippen LogP contribution in [0.25, 0.3) is 33.2 Å². The first-order valence-corrected chi connectivity index (χ1v) is 8.55. The molecule has 4 rings (SSSR count). The molecule has 5 nitrogen and oxygen atoms in total. The van der Waals surface area contributed by atoms with Crippen LogP contribution in [0.2, 0.25) is 0 Å². The lowest BCUT2D eigenvalue weighted by Gasteiger charge is -2.13. The highest BCUT2D eigenvalue weighted by Gasteiger charge is 2.18. The Balaban J connectivity index is 2.05. The Kier molecular flexibility index (Phi) is 3.70. The summed E-state index contributed by atoms with van der Waals surface area (Å²) in [6.45, 7) is 5.36. The molecule has 26 heavy (non-hydrogen) atoms. The largest absolute Gasteiger partial charge is 0.455 e. The number of hydrogen-bond acceptors (Lipinski definition) is 4. The average Bonchev–Trinajstić information content (AvgIpc) is 2.96. The molecule has 0 aliphatic rings. The minimum Gasteiger partial charge on any atom is -0.455 e. The molecule has 2 aromatic heterocycles. The van der Waals surface area contributed by atoms with Crippen LogP contribution in [-0.2, 0) is 7.05 Å². The molecular weight excluding hydrogens is 328 g/mol. The van der Waals surface area contributed by atoms with Gasteiger partial charge in [-0.1, -0.05) is 0 Å². The number of aliphatic hydroxyl groups excluding tert-OH is 1. The second-order valence-corrected chi connectivity index (χ2v) is 6.87. The zero-order valence-corrected chi connectivity index (χ0v) is 15.2. The van der Waals surface area contributed by atoms with E-state index in [1.54, 1.807) is 18.5 Å². The zero-order chi connectivity index (χ0) is 18.6. The van der Waals surface area contributed by atoms with Crippen molar-refractivity contribution in [2.75, 3.05) is 0 Å². The summed E-state index contributed by atoms with van der Waals surface area (Å²) in [7, 11) is 1.87. The van der Waals surface area contributed by atoms with Gasteiger partial charge in [0.25, 0.3) is 0 Å². The Morgan fingerprint density at radius 1 is 1.19 bits per heavy atom. The maximum atomic E-state index is 13.0. The van der Waals surface area contributed by atoms with E-state index >= 15 is 0 Å². The van der Waals surface area contributed by atoms with Crippen molar-refractivity contribution < 1.29 is 9.52 Å². The molecule has 4 aromatic rings. The van der Waals surface area contributed by atoms with Gasteiger partial charge in [0.2, 0.25) is 0 Å². The van der Waals surface area contributed by atoms with Crippen LogP contribution in [-0.4, -0.2) is 14.9 Å². The molecule has 0 aliphatic carbocycles. The van der Waals surface area contributed by atoms with E-state index in [1.165, 1.54) is 0 Å². The summed E-state index contributed by atoms with van der Waals surface area (Å²) in [5.74, 6) is 0.527. The molecule has 0 saturated heterocycles. The number of aromatic nitrogens is 2. The molecule has 2 heterocycles. The van der Waals surface area contributed by atoms with E-state index < -0.39 is 6.10 Å². The lowest BCUT2D eigenvalue weighted by molar-refractivity contribution is 0.199. The molecule has 0 fully saturated rings. The maximum absolute atomic E-state index is 13.0. The molecule has 0 aliphatic heterocycles. The molecule has 5 heteroatoms. The third-order valence-electron chi connectivity index (χ3n) is 4.72. The number of aryl methyl sites for hydroxylation is 2. The third kappa shape index (κ3) is 2.52. The number of rotatable bonds is 2. The minimum atomic E-state index is -0.725. The summed E-state index contributed by atoms with van der Waals surface area (Å²) >= 11 is 0. The summed E-state index contributed by atoms with van der Waals surface area (Å²) < 4.78 is 7.93. The van der Waals surface area contributed by atoms with Crippen molar-refractivity contribution in [2.24, 2.45) is 7.05 Å². The van der Waals surface area contributed by atoms with Crippen LogP contribution >= 0.6 is 0 Å². The highest BCUT2D eigenvalue weighted by atomic mass is 16.3. The van der Waals surface area contributed by atoms with E-state index in [0.29, 0.717) is 27.9 Å². The van der Waals surface area contributed by atoms with Gasteiger partial charge in [-0.3, -0.25) is 9.48 Å². The highest BCUT2D eigenvalue weighted by molar-refractivity contribution is 5.87. The van der Waals surface area contributed by atoms with Crippen LogP contribution in [0.4, 0.5) is 0 Å². The quantitative estimate of drug-likeness (QED) is 0.594.